The Balaban J connectivity index is 1.75. The van der Waals surface area contributed by atoms with E-state index in [1.807, 2.05) is 12.5 Å². The van der Waals surface area contributed by atoms with Gasteiger partial charge in [0.15, 0.2) is 0 Å². The summed E-state index contributed by atoms with van der Waals surface area (Å²) in [6, 6.07) is 9.25. The lowest BCUT2D eigenvalue weighted by Crippen LogP contribution is -2.21. The number of benzene rings is 1. The summed E-state index contributed by atoms with van der Waals surface area (Å²) >= 11 is 0. The van der Waals surface area contributed by atoms with Gasteiger partial charge in [-0.3, -0.25) is 0 Å². The molecule has 3 nitrogen and oxygen atoms in total. The van der Waals surface area contributed by atoms with Gasteiger partial charge in [-0.25, -0.2) is 4.98 Å². The Morgan fingerprint density at radius 3 is 2.94 bits per heavy atom. The Bertz CT molecular complexity index is 526. The second-order valence-electron chi connectivity index (χ2n) is 5.02. The molecule has 0 aliphatic heterocycles. The van der Waals surface area contributed by atoms with Crippen molar-refractivity contribution in [3.63, 3.8) is 0 Å². The van der Waals surface area contributed by atoms with Crippen LogP contribution in [0.3, 0.4) is 0 Å². The van der Waals surface area contributed by atoms with Crippen LogP contribution in [0.1, 0.15) is 18.4 Å². The number of nitrogens with one attached hydrogen (secondary N) is 1. The first-order valence-electron chi connectivity index (χ1n) is 6.64. The lowest BCUT2D eigenvalue weighted by Gasteiger charge is -2.10. The average Bonchev–Trinajstić information content (AvgIpc) is 3.08. The minimum absolute atomic E-state index is 0.774. The van der Waals surface area contributed by atoms with Gasteiger partial charge in [0.2, 0.25) is 0 Å². The standard InChI is InChI=1S/C15H19N3/c1-12-4-2-3-5-14(12)15-10-16-11-18(15)9-8-17-13-6-7-13/h2-5,10-11,13,17H,6-9H2,1H3. The average molecular weight is 241 g/mol. The van der Waals surface area contributed by atoms with Crippen molar-refractivity contribution < 1.29 is 0 Å². The van der Waals surface area contributed by atoms with Crippen LogP contribution in [0.15, 0.2) is 36.8 Å². The van der Waals surface area contributed by atoms with Crippen LogP contribution in [0.4, 0.5) is 0 Å². The highest BCUT2D eigenvalue weighted by molar-refractivity contribution is 5.63. The van der Waals surface area contributed by atoms with Crippen molar-refractivity contribution in [3.8, 4) is 11.3 Å². The summed E-state index contributed by atoms with van der Waals surface area (Å²) in [6.45, 7) is 4.16. The van der Waals surface area contributed by atoms with Crippen LogP contribution in [-0.4, -0.2) is 22.1 Å². The molecule has 2 aromatic rings. The molecule has 1 aromatic carbocycles. The zero-order valence-electron chi connectivity index (χ0n) is 10.8. The van der Waals surface area contributed by atoms with Gasteiger partial charge < -0.3 is 9.88 Å². The van der Waals surface area contributed by atoms with Gasteiger partial charge in [0.1, 0.15) is 0 Å². The first kappa shape index (κ1) is 11.5. The van der Waals surface area contributed by atoms with Gasteiger partial charge >= 0.3 is 0 Å². The number of hydrogen-bond donors (Lipinski definition) is 1. The van der Waals surface area contributed by atoms with Crippen LogP contribution >= 0.6 is 0 Å². The summed E-state index contributed by atoms with van der Waals surface area (Å²) in [5.41, 5.74) is 3.79. The van der Waals surface area contributed by atoms with Crippen molar-refractivity contribution in [2.24, 2.45) is 0 Å². The Hall–Kier alpha value is -1.61. The van der Waals surface area contributed by atoms with Gasteiger partial charge in [-0.2, -0.15) is 0 Å². The Morgan fingerprint density at radius 1 is 1.33 bits per heavy atom. The van der Waals surface area contributed by atoms with Gasteiger partial charge in [0.25, 0.3) is 0 Å². The van der Waals surface area contributed by atoms with Gasteiger partial charge in [0.05, 0.1) is 18.2 Å². The summed E-state index contributed by atoms with van der Waals surface area (Å²) in [6.07, 6.45) is 6.57. The second-order valence-corrected chi connectivity index (χ2v) is 5.02. The monoisotopic (exact) mass is 241 g/mol. The zero-order chi connectivity index (χ0) is 12.4. The molecule has 18 heavy (non-hydrogen) atoms. The normalized spacial score (nSPS) is 14.9. The molecule has 1 N–H and O–H groups in total. The lowest BCUT2D eigenvalue weighted by atomic mass is 10.1. The molecule has 1 aliphatic rings. The summed E-state index contributed by atoms with van der Waals surface area (Å²) in [5, 5.41) is 3.54. The molecule has 1 aromatic heterocycles. The van der Waals surface area contributed by atoms with Crippen LogP contribution in [0.25, 0.3) is 11.3 Å². The van der Waals surface area contributed by atoms with E-state index < -0.39 is 0 Å². The summed E-state index contributed by atoms with van der Waals surface area (Å²) in [4.78, 5) is 4.29. The van der Waals surface area contributed by atoms with E-state index >= 15 is 0 Å². The van der Waals surface area contributed by atoms with Crippen molar-refractivity contribution in [3.05, 3.63) is 42.4 Å². The minimum Gasteiger partial charge on any atom is -0.329 e. The fraction of sp³-hybridized carbons (Fsp3) is 0.400. The van der Waals surface area contributed by atoms with E-state index in [2.05, 4.69) is 46.1 Å². The fourth-order valence-corrected chi connectivity index (χ4v) is 2.26. The van der Waals surface area contributed by atoms with E-state index in [0.717, 1.165) is 19.1 Å². The number of aromatic nitrogens is 2. The van der Waals surface area contributed by atoms with E-state index in [9.17, 15) is 0 Å². The number of hydrogen-bond acceptors (Lipinski definition) is 2. The van der Waals surface area contributed by atoms with Gasteiger partial charge in [-0.05, 0) is 25.3 Å². The van der Waals surface area contributed by atoms with Crippen molar-refractivity contribution in [2.45, 2.75) is 32.4 Å². The van der Waals surface area contributed by atoms with Crippen LogP contribution in [-0.2, 0) is 6.54 Å². The third-order valence-electron chi connectivity index (χ3n) is 3.50. The topological polar surface area (TPSA) is 29.9 Å². The highest BCUT2D eigenvalue weighted by Gasteiger charge is 2.19. The highest BCUT2D eigenvalue weighted by Crippen LogP contribution is 2.23. The Labute approximate surface area is 108 Å². The Morgan fingerprint density at radius 2 is 2.17 bits per heavy atom. The molecule has 3 rings (SSSR count). The minimum atomic E-state index is 0.774. The molecule has 3 heteroatoms. The van der Waals surface area contributed by atoms with E-state index in [0.29, 0.717) is 0 Å². The molecule has 0 atom stereocenters. The maximum atomic E-state index is 4.29. The lowest BCUT2D eigenvalue weighted by molar-refractivity contribution is 0.598. The van der Waals surface area contributed by atoms with Gasteiger partial charge in [-0.15, -0.1) is 0 Å². The first-order chi connectivity index (χ1) is 8.84. The maximum absolute atomic E-state index is 4.29. The molecule has 0 saturated heterocycles. The molecule has 0 amide bonds. The van der Waals surface area contributed by atoms with Crippen molar-refractivity contribution in [2.75, 3.05) is 6.54 Å². The molecule has 0 unspecified atom stereocenters. The van der Waals surface area contributed by atoms with Crippen molar-refractivity contribution >= 4 is 0 Å². The van der Waals surface area contributed by atoms with E-state index in [4.69, 9.17) is 0 Å². The van der Waals surface area contributed by atoms with Crippen LogP contribution < -0.4 is 5.32 Å². The molecule has 1 saturated carbocycles. The predicted octanol–water partition coefficient (Wildman–Crippen LogP) is 2.61. The molecular weight excluding hydrogens is 222 g/mol. The number of nitrogens with zero attached hydrogens (tertiary/aromatic N) is 2. The van der Waals surface area contributed by atoms with E-state index in [-0.39, 0.29) is 0 Å². The summed E-state index contributed by atoms with van der Waals surface area (Å²) < 4.78 is 2.23. The quantitative estimate of drug-likeness (QED) is 0.872. The number of imidazole rings is 1. The van der Waals surface area contributed by atoms with Crippen LogP contribution in [0.2, 0.25) is 0 Å². The molecule has 0 bridgehead atoms. The molecule has 1 fully saturated rings. The molecule has 1 aliphatic carbocycles. The smallest absolute Gasteiger partial charge is 0.0951 e. The Kier molecular flexibility index (Phi) is 3.15. The first-order valence-corrected chi connectivity index (χ1v) is 6.64. The molecular formula is C15H19N3. The SMILES string of the molecule is Cc1ccccc1-c1cncn1CCNC1CC1. The second kappa shape index (κ2) is 4.94. The highest BCUT2D eigenvalue weighted by atomic mass is 15.1. The van der Waals surface area contributed by atoms with Gasteiger partial charge in [0, 0.05) is 24.7 Å². The predicted molar refractivity (Wildman–Crippen MR) is 73.4 cm³/mol. The summed E-state index contributed by atoms with van der Waals surface area (Å²) in [7, 11) is 0. The number of aryl methyl sites for hydroxylation is 1. The van der Waals surface area contributed by atoms with Crippen molar-refractivity contribution in [1.82, 2.24) is 14.9 Å². The van der Waals surface area contributed by atoms with Crippen LogP contribution in [0, 0.1) is 6.92 Å². The zero-order valence-corrected chi connectivity index (χ0v) is 10.8. The molecule has 0 radical (unpaired) electrons. The van der Waals surface area contributed by atoms with Crippen molar-refractivity contribution in [1.29, 1.82) is 0 Å². The largest absolute Gasteiger partial charge is 0.329 e. The van der Waals surface area contributed by atoms with E-state index in [1.165, 1.54) is 29.7 Å². The molecule has 1 heterocycles. The maximum Gasteiger partial charge on any atom is 0.0951 e. The third-order valence-corrected chi connectivity index (χ3v) is 3.50. The summed E-state index contributed by atoms with van der Waals surface area (Å²) in [5.74, 6) is 0. The van der Waals surface area contributed by atoms with Crippen LogP contribution in [0.5, 0.6) is 0 Å². The fourth-order valence-electron chi connectivity index (χ4n) is 2.26. The third kappa shape index (κ3) is 2.46. The molecule has 0 spiro atoms. The van der Waals surface area contributed by atoms with Gasteiger partial charge in [-0.1, -0.05) is 24.3 Å². The molecule has 94 valence electrons. The van der Waals surface area contributed by atoms with E-state index in [1.54, 1.807) is 0 Å². The number of rotatable bonds is 5.